The Morgan fingerprint density at radius 2 is 1.30 bits per heavy atom. The summed E-state index contributed by atoms with van der Waals surface area (Å²) >= 11 is 0. The van der Waals surface area contributed by atoms with E-state index < -0.39 is 11.2 Å². The van der Waals surface area contributed by atoms with E-state index in [1.165, 1.54) is 0 Å². The van der Waals surface area contributed by atoms with Gasteiger partial charge >= 0.3 is 0 Å². The molecule has 0 bridgehead atoms. The molecule has 1 fully saturated rings. The Bertz CT molecular complexity index is 626. The van der Waals surface area contributed by atoms with Crippen molar-refractivity contribution in [3.63, 3.8) is 0 Å². The van der Waals surface area contributed by atoms with Crippen LogP contribution in [0, 0.1) is 0 Å². The largest absolute Gasteiger partial charge is 0.349 e. The second-order valence-electron chi connectivity index (χ2n) is 5.50. The number of ether oxygens (including phenoxy) is 1. The molecule has 20 heavy (non-hydrogen) atoms. The second-order valence-corrected chi connectivity index (χ2v) is 5.50. The maximum absolute atomic E-state index is 11.5. The summed E-state index contributed by atoms with van der Waals surface area (Å²) in [7, 11) is 0. The van der Waals surface area contributed by atoms with Crippen LogP contribution in [-0.4, -0.2) is 11.5 Å². The van der Waals surface area contributed by atoms with Gasteiger partial charge in [0.1, 0.15) is 5.94 Å². The Morgan fingerprint density at radius 3 is 1.65 bits per heavy atom. The quantitative estimate of drug-likeness (QED) is 0.776. The van der Waals surface area contributed by atoms with Gasteiger partial charge in [0.15, 0.2) is 5.60 Å². The van der Waals surface area contributed by atoms with Crippen molar-refractivity contribution in [1.29, 1.82) is 0 Å². The van der Waals surface area contributed by atoms with Crippen LogP contribution in [0.3, 0.4) is 0 Å². The molecule has 1 aliphatic heterocycles. The average Bonchev–Trinajstić information content (AvgIpc) is 2.47. The molecule has 0 saturated carbocycles. The summed E-state index contributed by atoms with van der Waals surface area (Å²) in [6.45, 7) is 3.80. The van der Waals surface area contributed by atoms with Gasteiger partial charge in [-0.2, -0.15) is 0 Å². The van der Waals surface area contributed by atoms with Crippen molar-refractivity contribution in [2.75, 3.05) is 0 Å². The van der Waals surface area contributed by atoms with Gasteiger partial charge in [-0.3, -0.25) is 0 Å². The molecule has 2 aromatic carbocycles. The SMILES string of the molecule is CC1(C)OC(c2ccccc2)(c2ccccc2)C1=C=O. The fourth-order valence-corrected chi connectivity index (χ4v) is 2.98. The lowest BCUT2D eigenvalue weighted by molar-refractivity contribution is -0.172. The Balaban J connectivity index is 2.24. The van der Waals surface area contributed by atoms with E-state index in [-0.39, 0.29) is 0 Å². The van der Waals surface area contributed by atoms with E-state index in [2.05, 4.69) is 5.94 Å². The van der Waals surface area contributed by atoms with Gasteiger partial charge in [-0.15, -0.1) is 0 Å². The van der Waals surface area contributed by atoms with Crippen LogP contribution in [0.1, 0.15) is 25.0 Å². The molecule has 0 spiro atoms. The topological polar surface area (TPSA) is 26.3 Å². The van der Waals surface area contributed by atoms with Gasteiger partial charge in [-0.25, -0.2) is 4.79 Å². The zero-order valence-corrected chi connectivity index (χ0v) is 11.6. The van der Waals surface area contributed by atoms with Crippen molar-refractivity contribution < 1.29 is 9.53 Å². The van der Waals surface area contributed by atoms with E-state index >= 15 is 0 Å². The van der Waals surface area contributed by atoms with E-state index in [1.54, 1.807) is 0 Å². The van der Waals surface area contributed by atoms with Crippen molar-refractivity contribution in [3.8, 4) is 0 Å². The molecule has 1 aliphatic rings. The first-order valence-corrected chi connectivity index (χ1v) is 6.68. The fraction of sp³-hybridized carbons (Fsp3) is 0.222. The van der Waals surface area contributed by atoms with Gasteiger partial charge in [-0.05, 0) is 25.0 Å². The van der Waals surface area contributed by atoms with Crippen LogP contribution < -0.4 is 0 Å². The van der Waals surface area contributed by atoms with Crippen LogP contribution in [-0.2, 0) is 15.1 Å². The number of carbonyl (C=O) groups excluding carboxylic acids is 1. The monoisotopic (exact) mass is 264 g/mol. The predicted molar refractivity (Wildman–Crippen MR) is 78.0 cm³/mol. The highest BCUT2D eigenvalue weighted by Crippen LogP contribution is 2.55. The van der Waals surface area contributed by atoms with Crippen molar-refractivity contribution in [1.82, 2.24) is 0 Å². The van der Waals surface area contributed by atoms with E-state index in [0.717, 1.165) is 11.1 Å². The lowest BCUT2D eigenvalue weighted by Crippen LogP contribution is -2.58. The average molecular weight is 264 g/mol. The second kappa shape index (κ2) is 4.45. The minimum Gasteiger partial charge on any atom is -0.349 e. The lowest BCUT2D eigenvalue weighted by Gasteiger charge is -2.54. The molecule has 0 amide bonds. The molecular formula is C18H16O2. The molecule has 0 unspecified atom stereocenters. The van der Waals surface area contributed by atoms with E-state index in [4.69, 9.17) is 4.74 Å². The highest BCUT2D eigenvalue weighted by atomic mass is 16.6. The zero-order valence-electron chi connectivity index (χ0n) is 11.6. The molecule has 0 aromatic heterocycles. The number of hydrogen-bond donors (Lipinski definition) is 0. The summed E-state index contributed by atoms with van der Waals surface area (Å²) in [5.41, 5.74) is 1.19. The standard InChI is InChI=1S/C18H16O2/c1-17(2)16(13-19)18(20-17,14-9-5-3-6-10-14)15-11-7-4-8-12-15/h3-12H,1-2H3. The third-order valence-corrected chi connectivity index (χ3v) is 3.83. The smallest absolute Gasteiger partial charge is 0.154 e. The summed E-state index contributed by atoms with van der Waals surface area (Å²) in [5, 5.41) is 0. The summed E-state index contributed by atoms with van der Waals surface area (Å²) in [6, 6.07) is 19.7. The molecule has 2 aromatic rings. The summed E-state index contributed by atoms with van der Waals surface area (Å²) < 4.78 is 6.19. The van der Waals surface area contributed by atoms with E-state index in [9.17, 15) is 4.79 Å². The summed E-state index contributed by atoms with van der Waals surface area (Å²) in [4.78, 5) is 11.5. The Hall–Kier alpha value is -2.15. The molecule has 0 aliphatic carbocycles. The van der Waals surface area contributed by atoms with Crippen LogP contribution in [0.5, 0.6) is 0 Å². The summed E-state index contributed by atoms with van der Waals surface area (Å²) in [6.07, 6.45) is 0. The first-order chi connectivity index (χ1) is 9.61. The van der Waals surface area contributed by atoms with Crippen LogP contribution in [0.15, 0.2) is 66.2 Å². The molecule has 0 radical (unpaired) electrons. The van der Waals surface area contributed by atoms with Gasteiger partial charge in [-0.1, -0.05) is 60.7 Å². The highest BCUT2D eigenvalue weighted by molar-refractivity contribution is 5.68. The van der Waals surface area contributed by atoms with Crippen molar-refractivity contribution in [2.45, 2.75) is 25.0 Å². The van der Waals surface area contributed by atoms with Crippen LogP contribution in [0.25, 0.3) is 0 Å². The van der Waals surface area contributed by atoms with Crippen molar-refractivity contribution in [2.24, 2.45) is 0 Å². The van der Waals surface area contributed by atoms with Gasteiger partial charge in [0, 0.05) is 0 Å². The van der Waals surface area contributed by atoms with Crippen LogP contribution in [0.2, 0.25) is 0 Å². The van der Waals surface area contributed by atoms with Gasteiger partial charge in [0.25, 0.3) is 0 Å². The van der Waals surface area contributed by atoms with Gasteiger partial charge < -0.3 is 4.74 Å². The van der Waals surface area contributed by atoms with Crippen molar-refractivity contribution in [3.05, 3.63) is 77.4 Å². The zero-order chi connectivity index (χ0) is 14.2. The summed E-state index contributed by atoms with van der Waals surface area (Å²) in [5.74, 6) is 2.12. The third-order valence-electron chi connectivity index (χ3n) is 3.83. The lowest BCUT2D eigenvalue weighted by atomic mass is 9.68. The molecule has 100 valence electrons. The Labute approximate surface area is 118 Å². The molecule has 2 heteroatoms. The first kappa shape index (κ1) is 12.9. The number of rotatable bonds is 2. The van der Waals surface area contributed by atoms with Crippen LogP contribution in [0.4, 0.5) is 0 Å². The third kappa shape index (κ3) is 1.66. The minimum atomic E-state index is -0.798. The molecule has 1 saturated heterocycles. The molecule has 1 heterocycles. The minimum absolute atomic E-state index is 0.576. The maximum atomic E-state index is 11.5. The maximum Gasteiger partial charge on any atom is 0.154 e. The van der Waals surface area contributed by atoms with Crippen molar-refractivity contribution >= 4 is 5.94 Å². The Kier molecular flexibility index (Phi) is 2.86. The fourth-order valence-electron chi connectivity index (χ4n) is 2.98. The molecule has 3 rings (SSSR count). The van der Waals surface area contributed by atoms with Gasteiger partial charge in [0.05, 0.1) is 11.2 Å². The van der Waals surface area contributed by atoms with Crippen LogP contribution >= 0.6 is 0 Å². The molecule has 0 atom stereocenters. The van der Waals surface area contributed by atoms with E-state index in [0.29, 0.717) is 5.57 Å². The first-order valence-electron chi connectivity index (χ1n) is 6.68. The van der Waals surface area contributed by atoms with E-state index in [1.807, 2.05) is 74.5 Å². The Morgan fingerprint density at radius 1 is 0.850 bits per heavy atom. The number of benzene rings is 2. The normalized spacial score (nSPS) is 19.0. The number of hydrogen-bond acceptors (Lipinski definition) is 2. The van der Waals surface area contributed by atoms with Gasteiger partial charge in [0.2, 0.25) is 0 Å². The molecule has 2 nitrogen and oxygen atoms in total. The highest BCUT2D eigenvalue weighted by Gasteiger charge is 2.59. The molecular weight excluding hydrogens is 248 g/mol. The predicted octanol–water partition coefficient (Wildman–Crippen LogP) is 3.50. The molecule has 0 N–H and O–H groups in total.